The molecule has 0 aliphatic rings. The molecule has 2 aromatic rings. The Bertz CT molecular complexity index is 530. The second kappa shape index (κ2) is 5.31. The van der Waals surface area contributed by atoms with Gasteiger partial charge in [-0.1, -0.05) is 6.92 Å². The van der Waals surface area contributed by atoms with Crippen LogP contribution in [0.3, 0.4) is 0 Å². The second-order valence-electron chi connectivity index (χ2n) is 4.51. The Balaban J connectivity index is 2.35. The van der Waals surface area contributed by atoms with E-state index in [1.54, 1.807) is 0 Å². The average molecular weight is 244 g/mol. The summed E-state index contributed by atoms with van der Waals surface area (Å²) in [6.45, 7) is 9.31. The lowest BCUT2D eigenvalue weighted by Gasteiger charge is -2.14. The van der Waals surface area contributed by atoms with Gasteiger partial charge in [0.05, 0.1) is 5.69 Å². The Morgan fingerprint density at radius 2 is 2.11 bits per heavy atom. The first-order valence-corrected chi connectivity index (χ1v) is 6.33. The van der Waals surface area contributed by atoms with Gasteiger partial charge < -0.3 is 5.32 Å². The van der Waals surface area contributed by atoms with Gasteiger partial charge >= 0.3 is 0 Å². The molecule has 0 radical (unpaired) electrons. The van der Waals surface area contributed by atoms with E-state index < -0.39 is 0 Å². The fourth-order valence-corrected chi connectivity index (χ4v) is 1.99. The Kier molecular flexibility index (Phi) is 3.77. The molecule has 4 heteroatoms. The molecule has 1 atom stereocenters. The van der Waals surface area contributed by atoms with Gasteiger partial charge in [-0.15, -0.1) is 0 Å². The number of hydrogen-bond donors (Lipinski definition) is 1. The van der Waals surface area contributed by atoms with Gasteiger partial charge in [-0.3, -0.25) is 4.57 Å². The zero-order valence-corrected chi connectivity index (χ0v) is 11.4. The largest absolute Gasteiger partial charge is 0.310 e. The van der Waals surface area contributed by atoms with Crippen molar-refractivity contribution in [2.75, 3.05) is 6.54 Å². The molecule has 0 aliphatic carbocycles. The van der Waals surface area contributed by atoms with Crippen LogP contribution in [0.2, 0.25) is 0 Å². The first-order chi connectivity index (χ1) is 8.63. The lowest BCUT2D eigenvalue weighted by atomic mass is 10.1. The number of aryl methyl sites for hydroxylation is 1. The van der Waals surface area contributed by atoms with Crippen LogP contribution < -0.4 is 5.32 Å². The first kappa shape index (κ1) is 12.8. The average Bonchev–Trinajstić information content (AvgIpc) is 2.71. The Hall–Kier alpha value is -1.68. The number of imidazole rings is 1. The van der Waals surface area contributed by atoms with E-state index in [0.29, 0.717) is 6.04 Å². The summed E-state index contributed by atoms with van der Waals surface area (Å²) in [5.41, 5.74) is 3.42. The molecule has 2 heterocycles. The highest BCUT2D eigenvalue weighted by atomic mass is 15.1. The summed E-state index contributed by atoms with van der Waals surface area (Å²) in [6.07, 6.45) is 3.68. The van der Waals surface area contributed by atoms with Crippen LogP contribution in [-0.4, -0.2) is 21.1 Å². The Labute approximate surface area is 108 Å². The van der Waals surface area contributed by atoms with Crippen molar-refractivity contribution in [3.63, 3.8) is 0 Å². The third kappa shape index (κ3) is 2.43. The van der Waals surface area contributed by atoms with Gasteiger partial charge in [-0.25, -0.2) is 9.97 Å². The van der Waals surface area contributed by atoms with Crippen LogP contribution in [0.25, 0.3) is 5.82 Å². The monoisotopic (exact) mass is 244 g/mol. The fraction of sp³-hybridized carbons (Fsp3) is 0.429. The summed E-state index contributed by atoms with van der Waals surface area (Å²) in [7, 11) is 0. The minimum atomic E-state index is 0.335. The van der Waals surface area contributed by atoms with Crippen molar-refractivity contribution in [2.45, 2.75) is 33.7 Å². The fourth-order valence-electron chi connectivity index (χ4n) is 1.99. The van der Waals surface area contributed by atoms with Crippen molar-refractivity contribution in [1.82, 2.24) is 19.9 Å². The standard InChI is InChI=1S/C14H20N4/c1-5-15-11(3)13-6-7-16-14(8-13)18-9-17-10(2)12(18)4/h6-9,11,15H,5H2,1-4H3. The van der Waals surface area contributed by atoms with Gasteiger partial charge in [-0.2, -0.15) is 0 Å². The molecule has 1 unspecified atom stereocenters. The van der Waals surface area contributed by atoms with Gasteiger partial charge in [0.2, 0.25) is 0 Å². The molecule has 0 saturated heterocycles. The summed E-state index contributed by atoms with van der Waals surface area (Å²) in [4.78, 5) is 8.73. The van der Waals surface area contributed by atoms with Crippen molar-refractivity contribution in [3.8, 4) is 5.82 Å². The van der Waals surface area contributed by atoms with Crippen LogP contribution in [0.1, 0.15) is 36.8 Å². The molecule has 96 valence electrons. The van der Waals surface area contributed by atoms with E-state index in [1.165, 1.54) is 5.56 Å². The van der Waals surface area contributed by atoms with Gasteiger partial charge in [-0.05, 0) is 45.0 Å². The van der Waals surface area contributed by atoms with E-state index in [1.807, 2.05) is 24.0 Å². The van der Waals surface area contributed by atoms with Crippen molar-refractivity contribution in [3.05, 3.63) is 41.6 Å². The smallest absolute Gasteiger partial charge is 0.138 e. The summed E-state index contributed by atoms with van der Waals surface area (Å²) >= 11 is 0. The molecule has 0 amide bonds. The van der Waals surface area contributed by atoms with E-state index in [-0.39, 0.29) is 0 Å². The predicted octanol–water partition coefficient (Wildman–Crippen LogP) is 2.55. The summed E-state index contributed by atoms with van der Waals surface area (Å²) in [6, 6.07) is 4.50. The van der Waals surface area contributed by atoms with Crippen LogP contribution in [0, 0.1) is 13.8 Å². The molecule has 0 saturated carbocycles. The van der Waals surface area contributed by atoms with E-state index in [9.17, 15) is 0 Å². The highest BCUT2D eigenvalue weighted by molar-refractivity contribution is 5.32. The first-order valence-electron chi connectivity index (χ1n) is 6.33. The van der Waals surface area contributed by atoms with Crippen molar-refractivity contribution < 1.29 is 0 Å². The maximum atomic E-state index is 4.42. The molecule has 1 N–H and O–H groups in total. The number of rotatable bonds is 4. The summed E-state index contributed by atoms with van der Waals surface area (Å²) in [5.74, 6) is 0.926. The molecule has 0 aromatic carbocycles. The molecule has 0 bridgehead atoms. The van der Waals surface area contributed by atoms with E-state index in [2.05, 4.69) is 48.2 Å². The lowest BCUT2D eigenvalue weighted by Crippen LogP contribution is -2.18. The highest BCUT2D eigenvalue weighted by Gasteiger charge is 2.08. The normalized spacial score (nSPS) is 12.7. The van der Waals surface area contributed by atoms with Gasteiger partial charge in [0, 0.05) is 17.9 Å². The summed E-state index contributed by atoms with van der Waals surface area (Å²) in [5, 5.41) is 3.41. The van der Waals surface area contributed by atoms with E-state index in [0.717, 1.165) is 23.8 Å². The lowest BCUT2D eigenvalue weighted by molar-refractivity contribution is 0.597. The quantitative estimate of drug-likeness (QED) is 0.898. The number of hydrogen-bond acceptors (Lipinski definition) is 3. The minimum Gasteiger partial charge on any atom is -0.310 e. The molecule has 18 heavy (non-hydrogen) atoms. The van der Waals surface area contributed by atoms with Crippen LogP contribution in [0.15, 0.2) is 24.7 Å². The number of nitrogens with one attached hydrogen (secondary N) is 1. The summed E-state index contributed by atoms with van der Waals surface area (Å²) < 4.78 is 2.03. The number of aromatic nitrogens is 3. The SMILES string of the molecule is CCNC(C)c1ccnc(-n2cnc(C)c2C)c1. The van der Waals surface area contributed by atoms with Gasteiger partial charge in [0.1, 0.15) is 12.1 Å². The van der Waals surface area contributed by atoms with Crippen LogP contribution in [-0.2, 0) is 0 Å². The van der Waals surface area contributed by atoms with E-state index >= 15 is 0 Å². The maximum Gasteiger partial charge on any atom is 0.138 e. The molecular weight excluding hydrogens is 224 g/mol. The molecule has 2 aromatic heterocycles. The topological polar surface area (TPSA) is 42.7 Å². The zero-order chi connectivity index (χ0) is 13.1. The van der Waals surface area contributed by atoms with Gasteiger partial charge in [0.15, 0.2) is 0 Å². The third-order valence-electron chi connectivity index (χ3n) is 3.28. The number of pyridine rings is 1. The van der Waals surface area contributed by atoms with Crippen LogP contribution in [0.5, 0.6) is 0 Å². The van der Waals surface area contributed by atoms with Crippen molar-refractivity contribution in [2.24, 2.45) is 0 Å². The van der Waals surface area contributed by atoms with Crippen molar-refractivity contribution >= 4 is 0 Å². The molecular formula is C14H20N4. The molecule has 2 rings (SSSR count). The number of nitrogens with zero attached hydrogens (tertiary/aromatic N) is 3. The predicted molar refractivity (Wildman–Crippen MR) is 72.9 cm³/mol. The molecule has 0 aliphatic heterocycles. The van der Waals surface area contributed by atoms with Crippen molar-refractivity contribution in [1.29, 1.82) is 0 Å². The highest BCUT2D eigenvalue weighted by Crippen LogP contribution is 2.17. The Morgan fingerprint density at radius 3 is 2.72 bits per heavy atom. The minimum absolute atomic E-state index is 0.335. The van der Waals surface area contributed by atoms with Gasteiger partial charge in [0.25, 0.3) is 0 Å². The Morgan fingerprint density at radius 1 is 1.33 bits per heavy atom. The zero-order valence-electron chi connectivity index (χ0n) is 11.4. The second-order valence-corrected chi connectivity index (χ2v) is 4.51. The molecule has 4 nitrogen and oxygen atoms in total. The van der Waals surface area contributed by atoms with Crippen LogP contribution >= 0.6 is 0 Å². The maximum absolute atomic E-state index is 4.42. The van der Waals surface area contributed by atoms with E-state index in [4.69, 9.17) is 0 Å². The molecule has 0 fully saturated rings. The molecule has 0 spiro atoms. The third-order valence-corrected chi connectivity index (χ3v) is 3.28. The van der Waals surface area contributed by atoms with Crippen LogP contribution in [0.4, 0.5) is 0 Å².